The summed E-state index contributed by atoms with van der Waals surface area (Å²) < 4.78 is 62.6. The molecule has 0 bridgehead atoms. The Labute approximate surface area is 237 Å². The Bertz CT molecular complexity index is 1440. The number of nitrogens with zero attached hydrogens (tertiary/aromatic N) is 4. The second-order valence-electron chi connectivity index (χ2n) is 8.40. The van der Waals surface area contributed by atoms with E-state index in [-0.39, 0.29) is 70.2 Å². The number of benzene rings is 1. The van der Waals surface area contributed by atoms with E-state index in [1.54, 1.807) is 12.1 Å². The first-order chi connectivity index (χ1) is 16.9. The first-order valence-corrected chi connectivity index (χ1v) is 14.0. The average molecular weight is 564 g/mol. The molecule has 2 aromatic heterocycles. The molecule has 37 heavy (non-hydrogen) atoms. The number of pyridine rings is 2. The van der Waals surface area contributed by atoms with E-state index < -0.39 is 44.0 Å². The third-order valence-corrected chi connectivity index (χ3v) is 9.57. The molecule has 11 nitrogen and oxygen atoms in total. The van der Waals surface area contributed by atoms with Gasteiger partial charge in [-0.1, -0.05) is 6.07 Å². The molecule has 0 unspecified atom stereocenters. The van der Waals surface area contributed by atoms with Crippen LogP contribution >= 0.6 is 10.8 Å². The van der Waals surface area contributed by atoms with Crippen molar-refractivity contribution in [1.82, 2.24) is 19.6 Å². The van der Waals surface area contributed by atoms with Crippen LogP contribution in [0.1, 0.15) is 28.9 Å². The number of sulfonamides is 1. The molecule has 4 rings (SSSR count). The Morgan fingerprint density at radius 2 is 1.97 bits per heavy atom. The van der Waals surface area contributed by atoms with Crippen molar-refractivity contribution < 1.29 is 31.8 Å². The summed E-state index contributed by atoms with van der Waals surface area (Å²) in [4.78, 5) is 21.2. The number of rotatable bonds is 6. The van der Waals surface area contributed by atoms with Crippen molar-refractivity contribution in [3.8, 4) is 5.75 Å². The molecular weight excluding hydrogens is 536 g/mol. The van der Waals surface area contributed by atoms with Gasteiger partial charge in [0.25, 0.3) is 5.91 Å². The molecule has 4 N–H and O–H groups in total. The third kappa shape index (κ3) is 5.86. The molecule has 3 aromatic rings. The molecule has 0 saturated carbocycles. The third-order valence-electron chi connectivity index (χ3n) is 5.78. The predicted octanol–water partition coefficient (Wildman–Crippen LogP) is 2.27. The summed E-state index contributed by atoms with van der Waals surface area (Å²) in [6.07, 6.45) is 2.71. The van der Waals surface area contributed by atoms with Gasteiger partial charge in [-0.05, 0) is 42.7 Å². The number of hydrogen-bond donors (Lipinski definition) is 4. The Morgan fingerprint density at radius 3 is 2.65 bits per heavy atom. The summed E-state index contributed by atoms with van der Waals surface area (Å²) in [7, 11) is -4.59. The van der Waals surface area contributed by atoms with Gasteiger partial charge in [-0.3, -0.25) is 23.2 Å². The van der Waals surface area contributed by atoms with E-state index in [0.717, 1.165) is 16.4 Å². The monoisotopic (exact) mass is 563 g/mol. The first-order valence-electron chi connectivity index (χ1n) is 10.9. The number of amides is 1. The summed E-state index contributed by atoms with van der Waals surface area (Å²) in [5.74, 6) is -1.88. The zero-order chi connectivity index (χ0) is 26.3. The van der Waals surface area contributed by atoms with Gasteiger partial charge < -0.3 is 10.4 Å². The Kier molecular flexibility index (Phi) is 9.07. The van der Waals surface area contributed by atoms with Crippen molar-refractivity contribution in [3.63, 3.8) is 0 Å². The maximum absolute atomic E-state index is 13.8. The van der Waals surface area contributed by atoms with Crippen molar-refractivity contribution in [2.24, 2.45) is 0 Å². The zero-order valence-corrected chi connectivity index (χ0v) is 21.2. The van der Waals surface area contributed by atoms with Crippen molar-refractivity contribution in [1.29, 1.82) is 0 Å². The number of hydrogen-bond acceptors (Lipinski definition) is 9. The normalized spacial score (nSPS) is 16.3. The molecule has 1 fully saturated rings. The van der Waals surface area contributed by atoms with Gasteiger partial charge in [-0.2, -0.15) is 0 Å². The molecule has 1 aliphatic heterocycles. The number of carbonyl (C=O) groups excluding carboxylic acids is 1. The molecule has 1 aliphatic rings. The molecule has 1 amide bonds. The van der Waals surface area contributed by atoms with Crippen molar-refractivity contribution in [2.75, 3.05) is 30.7 Å². The van der Waals surface area contributed by atoms with Gasteiger partial charge in [0.05, 0.1) is 10.6 Å². The van der Waals surface area contributed by atoms with Gasteiger partial charge in [-0.25, -0.2) is 22.1 Å². The van der Waals surface area contributed by atoms with Crippen LogP contribution < -0.4 is 9.62 Å². The molecule has 0 atom stereocenters. The molecular formula is C22H27FN5NaO6S2. The number of aromatic nitrogens is 2. The van der Waals surface area contributed by atoms with E-state index in [0.29, 0.717) is 18.2 Å². The van der Waals surface area contributed by atoms with E-state index in [1.807, 2.05) is 0 Å². The minimum absolute atomic E-state index is 0. The number of aromatic hydroxyl groups is 1. The molecule has 0 aliphatic carbocycles. The Morgan fingerprint density at radius 1 is 1.24 bits per heavy atom. The van der Waals surface area contributed by atoms with Crippen LogP contribution in [-0.2, 0) is 16.6 Å². The number of nitrogens with one attached hydrogen (secondary N) is 1. The molecule has 1 saturated heterocycles. The average Bonchev–Trinajstić information content (AvgIpc) is 2.83. The number of carbonyl (C=O) groups is 1. The van der Waals surface area contributed by atoms with E-state index in [1.165, 1.54) is 30.7 Å². The van der Waals surface area contributed by atoms with Gasteiger partial charge in [0.15, 0.2) is 17.3 Å². The van der Waals surface area contributed by atoms with Gasteiger partial charge in [0.1, 0.15) is 11.3 Å². The van der Waals surface area contributed by atoms with Crippen molar-refractivity contribution >= 4 is 73.0 Å². The fraction of sp³-hybridized carbons (Fsp3) is 0.318. The van der Waals surface area contributed by atoms with Crippen LogP contribution in [0.5, 0.6) is 5.75 Å². The van der Waals surface area contributed by atoms with Gasteiger partial charge >= 0.3 is 29.6 Å². The number of halogens is 1. The Balaban J connectivity index is 0.00000380. The topological polar surface area (TPSA) is 156 Å². The summed E-state index contributed by atoms with van der Waals surface area (Å²) >= 11 is 0. The fourth-order valence-corrected chi connectivity index (χ4v) is 6.65. The van der Waals surface area contributed by atoms with E-state index in [4.69, 9.17) is 0 Å². The van der Waals surface area contributed by atoms with Crippen molar-refractivity contribution in [3.05, 3.63) is 53.6 Å². The van der Waals surface area contributed by atoms with Gasteiger partial charge in [-0.15, -0.1) is 10.8 Å². The second kappa shape index (κ2) is 11.4. The summed E-state index contributed by atoms with van der Waals surface area (Å²) in [6, 6.07) is 6.39. The van der Waals surface area contributed by atoms with Gasteiger partial charge in [0.2, 0.25) is 10.0 Å². The first kappa shape index (κ1) is 29.5. The molecule has 15 heteroatoms. The molecule has 3 heterocycles. The van der Waals surface area contributed by atoms with Crippen LogP contribution in [0.25, 0.3) is 10.9 Å². The molecule has 0 radical (unpaired) electrons. The molecule has 1 aromatic carbocycles. The Hall–Kier alpha value is -2.04. The second-order valence-corrected chi connectivity index (χ2v) is 12.6. The maximum atomic E-state index is 13.8. The standard InChI is InChI=1S/C22H26FN5O6S2.Na.H/c1-27(2)36(33,34)17-12-15(23)8-7-14(17)13-25-22(30)19-20(29)18-16(6-5-9-24-18)21(26-19)28-10-3-4-11-35(28,31)32;;/h5-9,12,29,31-32H,3-4,10-11,13H2,1-2H3,(H,25,30);;. The quantitative estimate of drug-likeness (QED) is 0.331. The fourth-order valence-electron chi connectivity index (χ4n) is 3.88. The van der Waals surface area contributed by atoms with Crippen LogP contribution in [0.4, 0.5) is 10.2 Å². The number of fused-ring (bicyclic) bond motifs is 1. The van der Waals surface area contributed by atoms with Crippen LogP contribution in [0, 0.1) is 5.82 Å². The molecule has 196 valence electrons. The summed E-state index contributed by atoms with van der Waals surface area (Å²) in [5.41, 5.74) is -0.246. The van der Waals surface area contributed by atoms with E-state index in [2.05, 4.69) is 15.3 Å². The zero-order valence-electron chi connectivity index (χ0n) is 19.5. The van der Waals surface area contributed by atoms with Crippen molar-refractivity contribution in [2.45, 2.75) is 24.3 Å². The van der Waals surface area contributed by atoms with Gasteiger partial charge in [0, 0.05) is 38.8 Å². The van der Waals surface area contributed by atoms with E-state index >= 15 is 0 Å². The minimum atomic E-state index is -4.01. The predicted molar refractivity (Wildman–Crippen MR) is 141 cm³/mol. The van der Waals surface area contributed by atoms with Crippen LogP contribution in [-0.4, -0.2) is 98.8 Å². The number of anilines is 1. The summed E-state index contributed by atoms with van der Waals surface area (Å²) in [5, 5.41) is 13.6. The summed E-state index contributed by atoms with van der Waals surface area (Å²) in [6.45, 7) is -0.0242. The van der Waals surface area contributed by atoms with Crippen LogP contribution in [0.15, 0.2) is 41.4 Å². The SMILES string of the molecule is CN(C)S(=O)(=O)c1cc(F)ccc1CNC(=O)c1nc(N2CCCCS2(O)O)c2cccnc2c1O.[NaH]. The van der Waals surface area contributed by atoms with E-state index in [9.17, 15) is 31.8 Å². The van der Waals surface area contributed by atoms with Crippen LogP contribution in [0.3, 0.4) is 0 Å². The molecule has 0 spiro atoms. The van der Waals surface area contributed by atoms with Crippen LogP contribution in [0.2, 0.25) is 0 Å².